The van der Waals surface area contributed by atoms with Gasteiger partial charge >= 0.3 is 5.97 Å². The van der Waals surface area contributed by atoms with Gasteiger partial charge in [0.2, 0.25) is 0 Å². The van der Waals surface area contributed by atoms with E-state index < -0.39 is 11.8 Å². The highest BCUT2D eigenvalue weighted by atomic mass is 35.5. The van der Waals surface area contributed by atoms with Crippen molar-refractivity contribution in [3.05, 3.63) is 58.9 Å². The first-order valence-corrected chi connectivity index (χ1v) is 7.71. The summed E-state index contributed by atoms with van der Waals surface area (Å²) in [5, 5.41) is 9.74. The zero-order valence-corrected chi connectivity index (χ0v) is 13.1. The van der Waals surface area contributed by atoms with Crippen molar-refractivity contribution in [3.8, 4) is 0 Å². The molecule has 0 aromatic heterocycles. The Morgan fingerprint density at radius 1 is 1.04 bits per heavy atom. The highest BCUT2D eigenvalue weighted by molar-refractivity contribution is 6.30. The molecule has 4 nitrogen and oxygen atoms in total. The first-order valence-electron chi connectivity index (χ1n) is 7.33. The van der Waals surface area contributed by atoms with E-state index in [0.29, 0.717) is 23.8 Å². The molecular formula is C17H16ClFN2O2. The van der Waals surface area contributed by atoms with Gasteiger partial charge in [-0.2, -0.15) is 0 Å². The summed E-state index contributed by atoms with van der Waals surface area (Å²) in [6, 6.07) is 11.5. The normalized spacial score (nSPS) is 14.9. The molecule has 0 spiro atoms. The predicted molar refractivity (Wildman–Crippen MR) is 89.2 cm³/mol. The number of hydrogen-bond acceptors (Lipinski definition) is 3. The number of hydrogen-bond donors (Lipinski definition) is 1. The Balaban J connectivity index is 1.74. The number of carboxylic acid groups (broad SMARTS) is 1. The van der Waals surface area contributed by atoms with Crippen molar-refractivity contribution in [2.75, 3.05) is 36.0 Å². The van der Waals surface area contributed by atoms with Crippen molar-refractivity contribution < 1.29 is 14.3 Å². The number of aromatic carboxylic acids is 1. The van der Waals surface area contributed by atoms with Crippen LogP contribution in [0, 0.1) is 5.82 Å². The molecule has 1 N–H and O–H groups in total. The van der Waals surface area contributed by atoms with Crippen LogP contribution < -0.4 is 9.80 Å². The molecule has 2 aromatic carbocycles. The van der Waals surface area contributed by atoms with Gasteiger partial charge in [-0.15, -0.1) is 0 Å². The highest BCUT2D eigenvalue weighted by Crippen LogP contribution is 2.25. The first kappa shape index (κ1) is 15.6. The second kappa shape index (κ2) is 6.46. The molecule has 0 atom stereocenters. The summed E-state index contributed by atoms with van der Waals surface area (Å²) in [6.45, 7) is 2.67. The van der Waals surface area contributed by atoms with Crippen LogP contribution in [0.1, 0.15) is 10.4 Å². The number of carboxylic acids is 1. The lowest BCUT2D eigenvalue weighted by Gasteiger charge is -2.37. The summed E-state index contributed by atoms with van der Waals surface area (Å²) in [5.41, 5.74) is 1.48. The molecule has 0 saturated carbocycles. The quantitative estimate of drug-likeness (QED) is 0.933. The summed E-state index contributed by atoms with van der Waals surface area (Å²) in [7, 11) is 0. The monoisotopic (exact) mass is 334 g/mol. The second-order valence-electron chi connectivity index (χ2n) is 5.43. The van der Waals surface area contributed by atoms with E-state index in [1.165, 1.54) is 18.2 Å². The smallest absolute Gasteiger partial charge is 0.335 e. The molecule has 6 heteroatoms. The third-order valence-electron chi connectivity index (χ3n) is 3.99. The summed E-state index contributed by atoms with van der Waals surface area (Å²) in [6.07, 6.45) is 0. The molecule has 0 radical (unpaired) electrons. The Morgan fingerprint density at radius 3 is 2.39 bits per heavy atom. The molecule has 1 aliphatic heterocycles. The number of anilines is 2. The minimum atomic E-state index is -1.05. The fourth-order valence-electron chi connectivity index (χ4n) is 2.77. The van der Waals surface area contributed by atoms with Crippen LogP contribution in [0.3, 0.4) is 0 Å². The Kier molecular flexibility index (Phi) is 4.39. The number of benzene rings is 2. The average Bonchev–Trinajstić information content (AvgIpc) is 2.55. The van der Waals surface area contributed by atoms with Crippen molar-refractivity contribution in [1.82, 2.24) is 0 Å². The standard InChI is InChI=1S/C17H16ClFN2O2/c18-13-2-1-3-14(11-13)20-6-8-21(9-7-20)16-10-12(17(22)23)4-5-15(16)19/h1-5,10-11H,6-9H2,(H,22,23). The van der Waals surface area contributed by atoms with E-state index in [2.05, 4.69) is 4.90 Å². The zero-order valence-electron chi connectivity index (χ0n) is 12.4. The molecule has 0 unspecified atom stereocenters. The van der Waals surface area contributed by atoms with Crippen LogP contribution in [-0.2, 0) is 0 Å². The van der Waals surface area contributed by atoms with Crippen molar-refractivity contribution in [1.29, 1.82) is 0 Å². The molecule has 23 heavy (non-hydrogen) atoms. The summed E-state index contributed by atoms with van der Waals surface area (Å²) < 4.78 is 14.0. The molecule has 1 saturated heterocycles. The molecular weight excluding hydrogens is 319 g/mol. The highest BCUT2D eigenvalue weighted by Gasteiger charge is 2.21. The number of halogens is 2. The maximum Gasteiger partial charge on any atom is 0.335 e. The van der Waals surface area contributed by atoms with E-state index in [1.54, 1.807) is 0 Å². The van der Waals surface area contributed by atoms with Crippen LogP contribution in [0.15, 0.2) is 42.5 Å². The molecule has 0 bridgehead atoms. The third kappa shape index (κ3) is 3.40. The van der Waals surface area contributed by atoms with E-state index >= 15 is 0 Å². The average molecular weight is 335 g/mol. The van der Waals surface area contributed by atoms with Crippen LogP contribution in [0.25, 0.3) is 0 Å². The number of nitrogens with zero attached hydrogens (tertiary/aromatic N) is 2. The SMILES string of the molecule is O=C(O)c1ccc(F)c(N2CCN(c3cccc(Cl)c3)CC2)c1. The first-order chi connectivity index (χ1) is 11.0. The van der Waals surface area contributed by atoms with Gasteiger partial charge in [-0.1, -0.05) is 17.7 Å². The van der Waals surface area contributed by atoms with E-state index in [4.69, 9.17) is 16.7 Å². The topological polar surface area (TPSA) is 43.8 Å². The lowest BCUT2D eigenvalue weighted by Crippen LogP contribution is -2.46. The molecule has 0 aliphatic carbocycles. The van der Waals surface area contributed by atoms with Gasteiger partial charge in [0.15, 0.2) is 0 Å². The van der Waals surface area contributed by atoms with Gasteiger partial charge in [0.1, 0.15) is 5.82 Å². The fraction of sp³-hybridized carbons (Fsp3) is 0.235. The van der Waals surface area contributed by atoms with Crippen molar-refractivity contribution in [2.24, 2.45) is 0 Å². The van der Waals surface area contributed by atoms with Crippen molar-refractivity contribution in [2.45, 2.75) is 0 Å². The Morgan fingerprint density at radius 2 is 1.74 bits per heavy atom. The maximum absolute atomic E-state index is 14.0. The van der Waals surface area contributed by atoms with E-state index in [0.717, 1.165) is 18.8 Å². The van der Waals surface area contributed by atoms with Crippen molar-refractivity contribution >= 4 is 28.9 Å². The summed E-state index contributed by atoms with van der Waals surface area (Å²) in [5.74, 6) is -1.45. The van der Waals surface area contributed by atoms with Crippen LogP contribution in [0.5, 0.6) is 0 Å². The van der Waals surface area contributed by atoms with Gasteiger partial charge in [-0.05, 0) is 36.4 Å². The van der Waals surface area contributed by atoms with E-state index in [-0.39, 0.29) is 5.56 Å². The van der Waals surface area contributed by atoms with Crippen molar-refractivity contribution in [3.63, 3.8) is 0 Å². The molecule has 2 aromatic rings. The molecule has 3 rings (SSSR count). The van der Waals surface area contributed by atoms with E-state index in [1.807, 2.05) is 29.2 Å². The molecule has 1 heterocycles. The zero-order chi connectivity index (χ0) is 16.4. The Labute approximate surface area is 138 Å². The lowest BCUT2D eigenvalue weighted by atomic mass is 10.1. The van der Waals surface area contributed by atoms with Gasteiger partial charge in [-0.25, -0.2) is 9.18 Å². The Hall–Kier alpha value is -2.27. The van der Waals surface area contributed by atoms with Crippen LogP contribution >= 0.6 is 11.6 Å². The van der Waals surface area contributed by atoms with Crippen LogP contribution in [0.4, 0.5) is 15.8 Å². The number of carbonyl (C=O) groups is 1. The molecule has 1 aliphatic rings. The summed E-state index contributed by atoms with van der Waals surface area (Å²) >= 11 is 6.01. The maximum atomic E-state index is 14.0. The van der Waals surface area contributed by atoms with Crippen LogP contribution in [0.2, 0.25) is 5.02 Å². The number of rotatable bonds is 3. The Bertz CT molecular complexity index is 730. The third-order valence-corrected chi connectivity index (χ3v) is 4.22. The molecule has 1 fully saturated rings. The van der Waals surface area contributed by atoms with Crippen LogP contribution in [-0.4, -0.2) is 37.3 Å². The summed E-state index contributed by atoms with van der Waals surface area (Å²) in [4.78, 5) is 15.1. The lowest BCUT2D eigenvalue weighted by molar-refractivity contribution is 0.0697. The van der Waals surface area contributed by atoms with Gasteiger partial charge in [0.25, 0.3) is 0 Å². The number of piperazine rings is 1. The largest absolute Gasteiger partial charge is 0.478 e. The second-order valence-corrected chi connectivity index (χ2v) is 5.86. The predicted octanol–water partition coefficient (Wildman–Crippen LogP) is 3.50. The molecule has 120 valence electrons. The van der Waals surface area contributed by atoms with Gasteiger partial charge in [0, 0.05) is 36.9 Å². The van der Waals surface area contributed by atoms with Gasteiger partial charge < -0.3 is 14.9 Å². The molecule has 0 amide bonds. The minimum absolute atomic E-state index is 0.0960. The van der Waals surface area contributed by atoms with Gasteiger partial charge in [-0.3, -0.25) is 0 Å². The minimum Gasteiger partial charge on any atom is -0.478 e. The van der Waals surface area contributed by atoms with E-state index in [9.17, 15) is 9.18 Å². The van der Waals surface area contributed by atoms with Gasteiger partial charge in [0.05, 0.1) is 11.3 Å². The fourth-order valence-corrected chi connectivity index (χ4v) is 2.95.